The molecule has 3 heteroatoms. The molecule has 0 aromatic carbocycles. The zero-order valence-electron chi connectivity index (χ0n) is 7.36. The van der Waals surface area contributed by atoms with Crippen molar-refractivity contribution in [2.24, 2.45) is 5.92 Å². The third-order valence-corrected chi connectivity index (χ3v) is 2.15. The number of esters is 1. The van der Waals surface area contributed by atoms with Gasteiger partial charge in [0.05, 0.1) is 12.5 Å². The Morgan fingerprint density at radius 2 is 2.33 bits per heavy atom. The molecule has 1 rings (SSSR count). The number of aliphatic hydroxyl groups is 1. The van der Waals surface area contributed by atoms with Gasteiger partial charge in [0.25, 0.3) is 0 Å². The summed E-state index contributed by atoms with van der Waals surface area (Å²) in [7, 11) is 0. The molecule has 0 amide bonds. The van der Waals surface area contributed by atoms with Crippen molar-refractivity contribution < 1.29 is 14.6 Å². The predicted molar refractivity (Wildman–Crippen MR) is 44.5 cm³/mol. The molecule has 0 aromatic rings. The first-order valence-electron chi connectivity index (χ1n) is 4.15. The number of rotatable bonds is 1. The van der Waals surface area contributed by atoms with Crippen molar-refractivity contribution in [3.63, 3.8) is 0 Å². The Kier molecular flexibility index (Phi) is 2.87. The average Bonchev–Trinajstić information content (AvgIpc) is 2.00. The van der Waals surface area contributed by atoms with Crippen LogP contribution in [0.2, 0.25) is 0 Å². The average molecular weight is 170 g/mol. The molecule has 1 heterocycles. The van der Waals surface area contributed by atoms with Crippen LogP contribution < -0.4 is 0 Å². The lowest BCUT2D eigenvalue weighted by Crippen LogP contribution is -2.39. The lowest BCUT2D eigenvalue weighted by molar-refractivity contribution is -0.162. The van der Waals surface area contributed by atoms with Crippen molar-refractivity contribution in [3.8, 4) is 0 Å². The molecule has 1 N–H and O–H groups in total. The molecule has 1 saturated heterocycles. The highest BCUT2D eigenvalue weighted by molar-refractivity contribution is 5.71. The van der Waals surface area contributed by atoms with Crippen LogP contribution in [-0.4, -0.2) is 23.3 Å². The molecule has 3 atom stereocenters. The quantitative estimate of drug-likeness (QED) is 0.469. The summed E-state index contributed by atoms with van der Waals surface area (Å²) in [6, 6.07) is 0. The molecule has 0 spiro atoms. The largest absolute Gasteiger partial charge is 0.458 e. The van der Waals surface area contributed by atoms with Gasteiger partial charge in [0.15, 0.2) is 0 Å². The van der Waals surface area contributed by atoms with Gasteiger partial charge < -0.3 is 9.84 Å². The Hall–Kier alpha value is -0.830. The number of aliphatic hydroxyl groups excluding tert-OH is 1. The smallest absolute Gasteiger partial charge is 0.309 e. The molecule has 0 radical (unpaired) electrons. The van der Waals surface area contributed by atoms with Crippen LogP contribution in [0, 0.1) is 5.92 Å². The van der Waals surface area contributed by atoms with Crippen molar-refractivity contribution in [1.29, 1.82) is 0 Å². The molecule has 0 bridgehead atoms. The van der Waals surface area contributed by atoms with Gasteiger partial charge in [-0.1, -0.05) is 13.0 Å². The number of hydrogen-bond donors (Lipinski definition) is 1. The summed E-state index contributed by atoms with van der Waals surface area (Å²) in [6.07, 6.45) is 2.92. The van der Waals surface area contributed by atoms with Crippen LogP contribution in [0.25, 0.3) is 0 Å². The van der Waals surface area contributed by atoms with E-state index in [0.29, 0.717) is 0 Å². The van der Waals surface area contributed by atoms with E-state index in [1.54, 1.807) is 6.08 Å². The molecular weight excluding hydrogens is 156 g/mol. The Labute approximate surface area is 72.0 Å². The second-order valence-electron chi connectivity index (χ2n) is 3.11. The number of allylic oxidation sites excluding steroid dienone is 1. The van der Waals surface area contributed by atoms with E-state index in [4.69, 9.17) is 4.74 Å². The van der Waals surface area contributed by atoms with Crippen molar-refractivity contribution in [1.82, 2.24) is 0 Å². The Balaban J connectivity index is 2.65. The lowest BCUT2D eigenvalue weighted by Gasteiger charge is -2.30. The number of carbonyl (C=O) groups is 1. The fraction of sp³-hybridized carbons (Fsp3) is 0.667. The van der Waals surface area contributed by atoms with Gasteiger partial charge >= 0.3 is 5.97 Å². The SMILES string of the molecule is C/C=C/[C@H]1OC(=O)C[C@@H](O)[C@@H]1C. The standard InChI is InChI=1S/C9H14O3/c1-3-4-8-6(2)7(10)5-9(11)12-8/h3-4,6-8,10H,5H2,1-2H3/b4-3+/t6-,7+,8+/m0/s1. The summed E-state index contributed by atoms with van der Waals surface area (Å²) in [5.74, 6) is -0.317. The maximum Gasteiger partial charge on any atom is 0.309 e. The normalized spacial score (nSPS) is 36.9. The minimum absolute atomic E-state index is 0.00102. The highest BCUT2D eigenvalue weighted by Crippen LogP contribution is 2.22. The van der Waals surface area contributed by atoms with Crippen LogP contribution in [0.5, 0.6) is 0 Å². The summed E-state index contributed by atoms with van der Waals surface area (Å²) in [5.41, 5.74) is 0. The molecule has 1 fully saturated rings. The first-order valence-corrected chi connectivity index (χ1v) is 4.15. The minimum Gasteiger partial charge on any atom is -0.458 e. The van der Waals surface area contributed by atoms with Gasteiger partial charge in [-0.2, -0.15) is 0 Å². The summed E-state index contributed by atoms with van der Waals surface area (Å²) in [6.45, 7) is 3.74. The topological polar surface area (TPSA) is 46.5 Å². The van der Waals surface area contributed by atoms with Crippen molar-refractivity contribution in [2.75, 3.05) is 0 Å². The highest BCUT2D eigenvalue weighted by Gasteiger charge is 2.32. The molecule has 0 saturated carbocycles. The minimum atomic E-state index is -0.563. The maximum atomic E-state index is 10.9. The lowest BCUT2D eigenvalue weighted by atomic mass is 9.93. The van der Waals surface area contributed by atoms with E-state index in [0.717, 1.165) is 0 Å². The number of cyclic esters (lactones) is 1. The number of carbonyl (C=O) groups excluding carboxylic acids is 1. The van der Waals surface area contributed by atoms with E-state index in [1.165, 1.54) is 0 Å². The van der Waals surface area contributed by atoms with Gasteiger partial charge in [0.2, 0.25) is 0 Å². The molecule has 0 aliphatic carbocycles. The summed E-state index contributed by atoms with van der Waals surface area (Å²) >= 11 is 0. The van der Waals surface area contributed by atoms with Gasteiger partial charge in [0.1, 0.15) is 6.10 Å². The number of ether oxygens (including phenoxy) is 1. The Bertz CT molecular complexity index is 198. The van der Waals surface area contributed by atoms with Gasteiger partial charge in [-0.05, 0) is 13.0 Å². The monoisotopic (exact) mass is 170 g/mol. The number of hydrogen-bond acceptors (Lipinski definition) is 3. The van der Waals surface area contributed by atoms with Crippen LogP contribution in [0.3, 0.4) is 0 Å². The van der Waals surface area contributed by atoms with E-state index < -0.39 is 6.10 Å². The van der Waals surface area contributed by atoms with Crippen molar-refractivity contribution >= 4 is 5.97 Å². The molecule has 12 heavy (non-hydrogen) atoms. The van der Waals surface area contributed by atoms with Gasteiger partial charge in [-0.3, -0.25) is 4.79 Å². The zero-order valence-corrected chi connectivity index (χ0v) is 7.36. The third kappa shape index (κ3) is 1.85. The third-order valence-electron chi connectivity index (χ3n) is 2.15. The molecule has 3 nitrogen and oxygen atoms in total. The molecule has 1 aliphatic rings. The summed E-state index contributed by atoms with van der Waals surface area (Å²) < 4.78 is 5.02. The predicted octanol–water partition coefficient (Wildman–Crippen LogP) is 0.875. The fourth-order valence-electron chi connectivity index (χ4n) is 1.29. The highest BCUT2D eigenvalue weighted by atomic mass is 16.5. The van der Waals surface area contributed by atoms with Crippen LogP contribution in [0.15, 0.2) is 12.2 Å². The Morgan fingerprint density at radius 1 is 1.67 bits per heavy atom. The first-order chi connectivity index (χ1) is 5.65. The van der Waals surface area contributed by atoms with E-state index in [1.807, 2.05) is 19.9 Å². The van der Waals surface area contributed by atoms with E-state index in [-0.39, 0.29) is 24.4 Å². The van der Waals surface area contributed by atoms with Gasteiger partial charge in [0, 0.05) is 5.92 Å². The summed E-state index contributed by atoms with van der Waals surface area (Å²) in [5, 5.41) is 9.41. The van der Waals surface area contributed by atoms with Crippen LogP contribution in [0.4, 0.5) is 0 Å². The molecule has 0 unspecified atom stereocenters. The second kappa shape index (κ2) is 3.72. The molecule has 0 aromatic heterocycles. The van der Waals surface area contributed by atoms with Gasteiger partial charge in [-0.15, -0.1) is 0 Å². The second-order valence-corrected chi connectivity index (χ2v) is 3.11. The maximum absolute atomic E-state index is 10.9. The van der Waals surface area contributed by atoms with E-state index >= 15 is 0 Å². The van der Waals surface area contributed by atoms with Crippen LogP contribution >= 0.6 is 0 Å². The van der Waals surface area contributed by atoms with Crippen molar-refractivity contribution in [2.45, 2.75) is 32.5 Å². The molecule has 1 aliphatic heterocycles. The first kappa shape index (κ1) is 9.26. The molecule has 68 valence electrons. The van der Waals surface area contributed by atoms with Crippen LogP contribution in [-0.2, 0) is 9.53 Å². The molecular formula is C9H14O3. The van der Waals surface area contributed by atoms with Crippen LogP contribution in [0.1, 0.15) is 20.3 Å². The Morgan fingerprint density at radius 3 is 2.92 bits per heavy atom. The van der Waals surface area contributed by atoms with E-state index in [9.17, 15) is 9.90 Å². The van der Waals surface area contributed by atoms with Crippen molar-refractivity contribution in [3.05, 3.63) is 12.2 Å². The summed E-state index contributed by atoms with van der Waals surface area (Å²) in [4.78, 5) is 10.9. The van der Waals surface area contributed by atoms with Gasteiger partial charge in [-0.25, -0.2) is 0 Å². The zero-order chi connectivity index (χ0) is 9.14. The fourth-order valence-corrected chi connectivity index (χ4v) is 1.29. The van der Waals surface area contributed by atoms with E-state index in [2.05, 4.69) is 0 Å².